The zero-order chi connectivity index (χ0) is 15.8. The molecule has 1 amide bonds. The van der Waals surface area contributed by atoms with Gasteiger partial charge in [-0.3, -0.25) is 0 Å². The fourth-order valence-corrected chi connectivity index (χ4v) is 1.58. The van der Waals surface area contributed by atoms with Gasteiger partial charge < -0.3 is 9.47 Å². The molecule has 2 aromatic carbocycles. The molecule has 114 valence electrons. The highest BCUT2D eigenvalue weighted by Gasteiger charge is 2.05. The van der Waals surface area contributed by atoms with Crippen LogP contribution in [0.25, 0.3) is 0 Å². The van der Waals surface area contributed by atoms with E-state index in [0.717, 1.165) is 12.1 Å². The molecule has 0 atom stereocenters. The molecule has 0 aliphatic carbocycles. The predicted octanol–water partition coefficient (Wildman–Crippen LogP) is 4.35. The van der Waals surface area contributed by atoms with Crippen LogP contribution in [0.15, 0.2) is 59.7 Å². The zero-order valence-corrected chi connectivity index (χ0v) is 12.6. The third kappa shape index (κ3) is 4.94. The second kappa shape index (κ2) is 7.83. The van der Waals surface area contributed by atoms with Gasteiger partial charge in [-0.05, 0) is 37.6 Å². The van der Waals surface area contributed by atoms with Gasteiger partial charge in [0.25, 0.3) is 0 Å². The largest absolute Gasteiger partial charge is 0.457 e. The Bertz CT molecular complexity index is 654. The highest BCUT2D eigenvalue weighted by Crippen LogP contribution is 2.24. The van der Waals surface area contributed by atoms with Crippen LogP contribution in [0.1, 0.15) is 20.3 Å². The molecule has 2 rings (SSSR count). The molecule has 22 heavy (non-hydrogen) atoms. The molecule has 0 aliphatic rings. The van der Waals surface area contributed by atoms with Crippen LogP contribution in [0, 0.1) is 0 Å². The van der Waals surface area contributed by atoms with E-state index in [4.69, 9.17) is 9.47 Å². The summed E-state index contributed by atoms with van der Waals surface area (Å²) < 4.78 is 10.8. The van der Waals surface area contributed by atoms with Crippen molar-refractivity contribution in [2.75, 3.05) is 0 Å². The molecule has 0 bridgehead atoms. The van der Waals surface area contributed by atoms with Crippen molar-refractivity contribution < 1.29 is 14.3 Å². The number of hydrazone groups is 1. The molecule has 5 nitrogen and oxygen atoms in total. The van der Waals surface area contributed by atoms with Gasteiger partial charge in [0.05, 0.1) is 0 Å². The number of carbonyl (C=O) groups excluding carboxylic acids is 1. The van der Waals surface area contributed by atoms with E-state index in [0.29, 0.717) is 17.2 Å². The Hall–Kier alpha value is -2.82. The van der Waals surface area contributed by atoms with Crippen molar-refractivity contribution in [1.29, 1.82) is 0 Å². The van der Waals surface area contributed by atoms with E-state index in [-0.39, 0.29) is 0 Å². The normalized spacial score (nSPS) is 10.9. The highest BCUT2D eigenvalue weighted by molar-refractivity contribution is 5.83. The summed E-state index contributed by atoms with van der Waals surface area (Å²) in [7, 11) is 0. The first-order chi connectivity index (χ1) is 10.7. The maximum absolute atomic E-state index is 11.6. The van der Waals surface area contributed by atoms with Gasteiger partial charge in [0.2, 0.25) is 0 Å². The van der Waals surface area contributed by atoms with Gasteiger partial charge in [0.15, 0.2) is 0 Å². The third-order valence-corrected chi connectivity index (χ3v) is 2.84. The molecule has 0 saturated carbocycles. The molecule has 1 N–H and O–H groups in total. The smallest absolute Gasteiger partial charge is 0.433 e. The Morgan fingerprint density at radius 3 is 2.45 bits per heavy atom. The average molecular weight is 298 g/mol. The van der Waals surface area contributed by atoms with Crippen LogP contribution in [-0.2, 0) is 0 Å². The number of rotatable bonds is 5. The Balaban J connectivity index is 1.98. The lowest BCUT2D eigenvalue weighted by Gasteiger charge is -2.08. The summed E-state index contributed by atoms with van der Waals surface area (Å²) in [4.78, 5) is 11.6. The number of ether oxygens (including phenoxy) is 2. The number of amides is 1. The van der Waals surface area contributed by atoms with Crippen LogP contribution >= 0.6 is 0 Å². The molecular formula is C17H18N2O3. The average Bonchev–Trinajstić information content (AvgIpc) is 2.54. The topological polar surface area (TPSA) is 59.9 Å². The Labute approximate surface area is 129 Å². The van der Waals surface area contributed by atoms with Crippen LogP contribution < -0.4 is 14.9 Å². The van der Waals surface area contributed by atoms with Crippen LogP contribution in [0.3, 0.4) is 0 Å². The molecule has 5 heteroatoms. The molecule has 0 heterocycles. The number of benzene rings is 2. The van der Waals surface area contributed by atoms with E-state index in [9.17, 15) is 4.79 Å². The Kier molecular flexibility index (Phi) is 5.54. The van der Waals surface area contributed by atoms with Gasteiger partial charge in [0, 0.05) is 11.8 Å². The monoisotopic (exact) mass is 298 g/mol. The summed E-state index contributed by atoms with van der Waals surface area (Å²) in [5.41, 5.74) is 3.15. The first-order valence-corrected chi connectivity index (χ1v) is 7.01. The number of nitrogens with zero attached hydrogens (tertiary/aromatic N) is 1. The van der Waals surface area contributed by atoms with E-state index in [1.165, 1.54) is 0 Å². The van der Waals surface area contributed by atoms with Crippen LogP contribution in [0.4, 0.5) is 4.79 Å². The molecule has 0 spiro atoms. The first-order valence-electron chi connectivity index (χ1n) is 7.01. The summed E-state index contributed by atoms with van der Waals surface area (Å²) in [5, 5.41) is 3.89. The van der Waals surface area contributed by atoms with Crippen molar-refractivity contribution in [3.05, 3.63) is 54.6 Å². The third-order valence-electron chi connectivity index (χ3n) is 2.84. The van der Waals surface area contributed by atoms with Gasteiger partial charge in [0.1, 0.15) is 17.2 Å². The predicted molar refractivity (Wildman–Crippen MR) is 85.5 cm³/mol. The lowest BCUT2D eigenvalue weighted by atomic mass is 10.3. The van der Waals surface area contributed by atoms with E-state index in [1.54, 1.807) is 24.3 Å². The molecule has 0 radical (unpaired) electrons. The van der Waals surface area contributed by atoms with Crippen molar-refractivity contribution in [3.8, 4) is 17.2 Å². The van der Waals surface area contributed by atoms with Gasteiger partial charge >= 0.3 is 6.09 Å². The Morgan fingerprint density at radius 2 is 1.73 bits per heavy atom. The summed E-state index contributed by atoms with van der Waals surface area (Å²) in [6.45, 7) is 3.78. The van der Waals surface area contributed by atoms with E-state index >= 15 is 0 Å². The summed E-state index contributed by atoms with van der Waals surface area (Å²) >= 11 is 0. The molecule has 0 fully saturated rings. The Morgan fingerprint density at radius 1 is 1.05 bits per heavy atom. The number of nitrogens with one attached hydrogen (secondary N) is 1. The summed E-state index contributed by atoms with van der Waals surface area (Å²) in [6.07, 6.45) is 0.130. The quantitative estimate of drug-likeness (QED) is 0.659. The molecular weight excluding hydrogens is 280 g/mol. The fraction of sp³-hybridized carbons (Fsp3) is 0.176. The van der Waals surface area contributed by atoms with Gasteiger partial charge in [-0.15, -0.1) is 0 Å². The van der Waals surface area contributed by atoms with Gasteiger partial charge in [-0.25, -0.2) is 10.2 Å². The number of para-hydroxylation sites is 1. The molecule has 2 aromatic rings. The lowest BCUT2D eigenvalue weighted by molar-refractivity contribution is 0.201. The van der Waals surface area contributed by atoms with E-state index < -0.39 is 6.09 Å². The van der Waals surface area contributed by atoms with E-state index in [1.807, 2.05) is 44.2 Å². The van der Waals surface area contributed by atoms with Crippen molar-refractivity contribution in [1.82, 2.24) is 5.43 Å². The van der Waals surface area contributed by atoms with Gasteiger partial charge in [-0.1, -0.05) is 31.2 Å². The van der Waals surface area contributed by atoms with Crippen LogP contribution in [-0.4, -0.2) is 11.8 Å². The number of carbonyl (C=O) groups is 1. The minimum Gasteiger partial charge on any atom is -0.457 e. The molecule has 0 saturated heterocycles. The standard InChI is InChI=1S/C17H18N2O3/c1-3-13(2)18-19-17(20)22-16-11-7-10-15(12-16)21-14-8-5-4-6-9-14/h4-12H,3H2,1-2H3,(H,19,20). The minimum absolute atomic E-state index is 0.385. The van der Waals surface area contributed by atoms with Crippen LogP contribution in [0.2, 0.25) is 0 Å². The number of hydrogen-bond donors (Lipinski definition) is 1. The second-order valence-corrected chi connectivity index (χ2v) is 4.59. The highest BCUT2D eigenvalue weighted by atomic mass is 16.6. The summed E-state index contributed by atoms with van der Waals surface area (Å²) in [6, 6.07) is 16.2. The van der Waals surface area contributed by atoms with Crippen molar-refractivity contribution in [2.24, 2.45) is 5.10 Å². The SMILES string of the molecule is CCC(C)=NNC(=O)Oc1cccc(Oc2ccccc2)c1. The summed E-state index contributed by atoms with van der Waals surface area (Å²) in [5.74, 6) is 1.69. The van der Waals surface area contributed by atoms with Crippen molar-refractivity contribution in [3.63, 3.8) is 0 Å². The second-order valence-electron chi connectivity index (χ2n) is 4.59. The zero-order valence-electron chi connectivity index (χ0n) is 12.6. The lowest BCUT2D eigenvalue weighted by Crippen LogP contribution is -2.22. The first kappa shape index (κ1) is 15.6. The van der Waals surface area contributed by atoms with Gasteiger partial charge in [-0.2, -0.15) is 5.10 Å². The molecule has 0 aliphatic heterocycles. The fourth-order valence-electron chi connectivity index (χ4n) is 1.58. The minimum atomic E-state index is -0.635. The van der Waals surface area contributed by atoms with Crippen molar-refractivity contribution in [2.45, 2.75) is 20.3 Å². The maximum Gasteiger partial charge on any atom is 0.433 e. The maximum atomic E-state index is 11.6. The molecule has 0 aromatic heterocycles. The van der Waals surface area contributed by atoms with Crippen LogP contribution in [0.5, 0.6) is 17.2 Å². The molecule has 0 unspecified atom stereocenters. The van der Waals surface area contributed by atoms with Crippen molar-refractivity contribution >= 4 is 11.8 Å². The number of hydrogen-bond acceptors (Lipinski definition) is 4. The van der Waals surface area contributed by atoms with E-state index in [2.05, 4.69) is 10.5 Å².